The average molecular weight is 295 g/mol. The van der Waals surface area contributed by atoms with Crippen molar-refractivity contribution >= 4 is 23.7 Å². The second-order valence-corrected chi connectivity index (χ2v) is 4.60. The highest BCUT2D eigenvalue weighted by Crippen LogP contribution is 2.22. The molecule has 1 amide bonds. The Morgan fingerprint density at radius 3 is 2.91 bits per heavy atom. The molecule has 1 aromatic carbocycles. The molecule has 1 N–H and O–H groups in total. The van der Waals surface area contributed by atoms with Crippen molar-refractivity contribution in [1.29, 1.82) is 0 Å². The Morgan fingerprint density at radius 1 is 1.23 bits per heavy atom. The van der Waals surface area contributed by atoms with Crippen LogP contribution in [0, 0.1) is 0 Å². The van der Waals surface area contributed by atoms with Gasteiger partial charge in [0.2, 0.25) is 17.7 Å². The van der Waals surface area contributed by atoms with Crippen LogP contribution >= 0.6 is 0 Å². The SMILES string of the molecule is CC(=O)Nc1cccc(-c2nnc(C=Cc3ccoc3)o2)c1. The molecular weight excluding hydrogens is 282 g/mol. The minimum absolute atomic E-state index is 0.133. The van der Waals surface area contributed by atoms with Crippen LogP contribution in [0.5, 0.6) is 0 Å². The van der Waals surface area contributed by atoms with Gasteiger partial charge in [-0.1, -0.05) is 6.07 Å². The van der Waals surface area contributed by atoms with Crippen molar-refractivity contribution in [2.24, 2.45) is 0 Å². The molecule has 0 saturated heterocycles. The van der Waals surface area contributed by atoms with Gasteiger partial charge in [-0.2, -0.15) is 0 Å². The molecule has 0 aliphatic rings. The number of carbonyl (C=O) groups is 1. The average Bonchev–Trinajstić information content (AvgIpc) is 3.16. The summed E-state index contributed by atoms with van der Waals surface area (Å²) in [5, 5.41) is 10.7. The van der Waals surface area contributed by atoms with Crippen LogP contribution in [0.1, 0.15) is 18.4 Å². The maximum atomic E-state index is 11.1. The number of rotatable bonds is 4. The van der Waals surface area contributed by atoms with E-state index in [0.29, 0.717) is 17.5 Å². The van der Waals surface area contributed by atoms with Crippen LogP contribution < -0.4 is 5.32 Å². The molecular formula is C16H13N3O3. The standard InChI is InChI=1S/C16H13N3O3/c1-11(20)17-14-4-2-3-13(9-14)16-19-18-15(22-16)6-5-12-7-8-21-10-12/h2-10H,1H3,(H,17,20). The summed E-state index contributed by atoms with van der Waals surface area (Å²) in [6.45, 7) is 1.46. The third-order valence-electron chi connectivity index (χ3n) is 2.83. The molecule has 0 atom stereocenters. The molecule has 0 bridgehead atoms. The van der Waals surface area contributed by atoms with Crippen LogP contribution in [0.25, 0.3) is 23.6 Å². The highest BCUT2D eigenvalue weighted by atomic mass is 16.4. The van der Waals surface area contributed by atoms with E-state index in [0.717, 1.165) is 11.1 Å². The molecule has 0 aliphatic carbocycles. The Kier molecular flexibility index (Phi) is 3.82. The Labute approximate surface area is 126 Å². The first-order chi connectivity index (χ1) is 10.7. The van der Waals surface area contributed by atoms with Gasteiger partial charge in [0, 0.05) is 29.8 Å². The van der Waals surface area contributed by atoms with E-state index in [1.165, 1.54) is 6.92 Å². The van der Waals surface area contributed by atoms with Crippen molar-refractivity contribution in [1.82, 2.24) is 10.2 Å². The van der Waals surface area contributed by atoms with Gasteiger partial charge in [0.1, 0.15) is 0 Å². The Bertz CT molecular complexity index is 804. The van der Waals surface area contributed by atoms with Crippen LogP contribution in [0.2, 0.25) is 0 Å². The van der Waals surface area contributed by atoms with Gasteiger partial charge in [-0.25, -0.2) is 0 Å². The Balaban J connectivity index is 1.80. The molecule has 2 aromatic heterocycles. The molecule has 0 unspecified atom stereocenters. The second-order valence-electron chi connectivity index (χ2n) is 4.60. The summed E-state index contributed by atoms with van der Waals surface area (Å²) in [5.41, 5.74) is 2.33. The van der Waals surface area contributed by atoms with E-state index in [4.69, 9.17) is 8.83 Å². The normalized spacial score (nSPS) is 11.0. The van der Waals surface area contributed by atoms with Crippen LogP contribution in [-0.4, -0.2) is 16.1 Å². The predicted molar refractivity (Wildman–Crippen MR) is 81.7 cm³/mol. The Hall–Kier alpha value is -3.15. The molecule has 3 rings (SSSR count). The second kappa shape index (κ2) is 6.09. The molecule has 3 aromatic rings. The Morgan fingerprint density at radius 2 is 2.14 bits per heavy atom. The summed E-state index contributed by atoms with van der Waals surface area (Å²) in [6.07, 6.45) is 6.73. The summed E-state index contributed by atoms with van der Waals surface area (Å²) in [6, 6.07) is 9.04. The maximum Gasteiger partial charge on any atom is 0.248 e. The molecule has 110 valence electrons. The van der Waals surface area contributed by atoms with E-state index in [9.17, 15) is 4.79 Å². The van der Waals surface area contributed by atoms with Crippen LogP contribution in [0.4, 0.5) is 5.69 Å². The number of hydrogen-bond acceptors (Lipinski definition) is 5. The number of amides is 1. The van der Waals surface area contributed by atoms with Crippen molar-refractivity contribution in [2.45, 2.75) is 6.92 Å². The van der Waals surface area contributed by atoms with E-state index >= 15 is 0 Å². The molecule has 22 heavy (non-hydrogen) atoms. The lowest BCUT2D eigenvalue weighted by Crippen LogP contribution is -2.05. The van der Waals surface area contributed by atoms with E-state index in [-0.39, 0.29) is 5.91 Å². The molecule has 0 fully saturated rings. The van der Waals surface area contributed by atoms with Gasteiger partial charge >= 0.3 is 0 Å². The molecule has 0 aliphatic heterocycles. The summed E-state index contributed by atoms with van der Waals surface area (Å²) in [5.74, 6) is 0.645. The highest BCUT2D eigenvalue weighted by molar-refractivity contribution is 5.89. The van der Waals surface area contributed by atoms with Crippen LogP contribution in [-0.2, 0) is 4.79 Å². The first-order valence-electron chi connectivity index (χ1n) is 6.62. The fraction of sp³-hybridized carbons (Fsp3) is 0.0625. The van der Waals surface area contributed by atoms with Crippen molar-refractivity contribution < 1.29 is 13.6 Å². The zero-order valence-electron chi connectivity index (χ0n) is 11.8. The minimum Gasteiger partial charge on any atom is -0.472 e. The van der Waals surface area contributed by atoms with E-state index in [1.54, 1.807) is 30.7 Å². The van der Waals surface area contributed by atoms with Crippen molar-refractivity contribution in [3.63, 3.8) is 0 Å². The van der Waals surface area contributed by atoms with Crippen molar-refractivity contribution in [3.05, 3.63) is 54.3 Å². The molecule has 2 heterocycles. The van der Waals surface area contributed by atoms with Crippen LogP contribution in [0.15, 0.2) is 51.7 Å². The third kappa shape index (κ3) is 3.29. The number of hydrogen-bond donors (Lipinski definition) is 1. The topological polar surface area (TPSA) is 81.2 Å². The van der Waals surface area contributed by atoms with Gasteiger partial charge in [-0.15, -0.1) is 10.2 Å². The quantitative estimate of drug-likeness (QED) is 0.797. The number of benzene rings is 1. The zero-order chi connectivity index (χ0) is 15.4. The molecule has 6 heteroatoms. The summed E-state index contributed by atoms with van der Waals surface area (Å²) < 4.78 is 10.5. The lowest BCUT2D eigenvalue weighted by Gasteiger charge is -2.02. The molecule has 6 nitrogen and oxygen atoms in total. The lowest BCUT2D eigenvalue weighted by atomic mass is 10.2. The van der Waals surface area contributed by atoms with Gasteiger partial charge in [-0.05, 0) is 30.3 Å². The first-order valence-corrected chi connectivity index (χ1v) is 6.62. The maximum absolute atomic E-state index is 11.1. The fourth-order valence-corrected chi connectivity index (χ4v) is 1.89. The largest absolute Gasteiger partial charge is 0.472 e. The van der Waals surface area contributed by atoms with Gasteiger partial charge in [-0.3, -0.25) is 4.79 Å². The monoisotopic (exact) mass is 295 g/mol. The third-order valence-corrected chi connectivity index (χ3v) is 2.83. The van der Waals surface area contributed by atoms with E-state index in [1.807, 2.05) is 24.3 Å². The summed E-state index contributed by atoms with van der Waals surface area (Å²) in [4.78, 5) is 11.1. The summed E-state index contributed by atoms with van der Waals surface area (Å²) in [7, 11) is 0. The number of nitrogens with zero attached hydrogens (tertiary/aromatic N) is 2. The zero-order valence-corrected chi connectivity index (χ0v) is 11.8. The number of carbonyl (C=O) groups excluding carboxylic acids is 1. The van der Waals surface area contributed by atoms with Gasteiger partial charge in [0.25, 0.3) is 0 Å². The first kappa shape index (κ1) is 13.8. The minimum atomic E-state index is -0.133. The van der Waals surface area contributed by atoms with Crippen molar-refractivity contribution in [2.75, 3.05) is 5.32 Å². The van der Waals surface area contributed by atoms with Gasteiger partial charge in [0.15, 0.2) is 0 Å². The van der Waals surface area contributed by atoms with Gasteiger partial charge < -0.3 is 14.2 Å². The van der Waals surface area contributed by atoms with Gasteiger partial charge in [0.05, 0.1) is 12.5 Å². The van der Waals surface area contributed by atoms with E-state index in [2.05, 4.69) is 15.5 Å². The number of furan rings is 1. The number of anilines is 1. The molecule has 0 spiro atoms. The summed E-state index contributed by atoms with van der Waals surface area (Å²) >= 11 is 0. The van der Waals surface area contributed by atoms with E-state index < -0.39 is 0 Å². The lowest BCUT2D eigenvalue weighted by molar-refractivity contribution is -0.114. The number of aromatic nitrogens is 2. The van der Waals surface area contributed by atoms with Crippen molar-refractivity contribution in [3.8, 4) is 11.5 Å². The van der Waals surface area contributed by atoms with Crippen LogP contribution in [0.3, 0.4) is 0 Å². The smallest absolute Gasteiger partial charge is 0.248 e. The molecule has 0 saturated carbocycles. The fourth-order valence-electron chi connectivity index (χ4n) is 1.89. The highest BCUT2D eigenvalue weighted by Gasteiger charge is 2.07. The molecule has 0 radical (unpaired) electrons. The number of nitrogens with one attached hydrogen (secondary N) is 1. The predicted octanol–water partition coefficient (Wildman–Crippen LogP) is 3.46.